The first-order chi connectivity index (χ1) is 21.8. The second-order valence-electron chi connectivity index (χ2n) is 11.7. The summed E-state index contributed by atoms with van der Waals surface area (Å²) in [7, 11) is 0. The van der Waals surface area contributed by atoms with Crippen LogP contribution in [0.4, 0.5) is 17.1 Å². The van der Waals surface area contributed by atoms with Crippen molar-refractivity contribution >= 4 is 49.6 Å². The third-order valence-electron chi connectivity index (χ3n) is 9.49. The molecule has 3 heterocycles. The summed E-state index contributed by atoms with van der Waals surface area (Å²) in [5.41, 5.74) is 11.6. The molecule has 1 aliphatic carbocycles. The Kier molecular flexibility index (Phi) is 4.04. The summed E-state index contributed by atoms with van der Waals surface area (Å²) in [6.45, 7) is 0. The third-order valence-corrected chi connectivity index (χ3v) is 9.49. The average Bonchev–Trinajstić information content (AvgIpc) is 3.57. The molecule has 0 radical (unpaired) electrons. The molecule has 0 spiro atoms. The van der Waals surface area contributed by atoms with Crippen LogP contribution in [0.25, 0.3) is 60.5 Å². The number of aromatic nitrogens is 1. The van der Waals surface area contributed by atoms with Gasteiger partial charge in [-0.05, 0) is 70.1 Å². The number of anilines is 3. The Hall–Kier alpha value is -6.00. The topological polar surface area (TPSA) is 26.6 Å². The summed E-state index contributed by atoms with van der Waals surface area (Å²) >= 11 is 0. The van der Waals surface area contributed by atoms with E-state index in [0.717, 1.165) is 45.6 Å². The minimum Gasteiger partial charge on any atom is -0.453 e. The summed E-state index contributed by atoms with van der Waals surface area (Å²) in [6, 6.07) is 47.5. The quantitative estimate of drug-likeness (QED) is 0.199. The molecule has 11 rings (SSSR count). The Labute approximate surface area is 252 Å². The van der Waals surface area contributed by atoms with E-state index in [1.807, 2.05) is 30.3 Å². The first-order valence-electron chi connectivity index (χ1n) is 14.9. The van der Waals surface area contributed by atoms with Crippen LogP contribution in [0.2, 0.25) is 0 Å². The summed E-state index contributed by atoms with van der Waals surface area (Å²) in [6.07, 6.45) is 0. The molecule has 204 valence electrons. The lowest BCUT2D eigenvalue weighted by Gasteiger charge is -2.37. The molecular weight excluding hydrogens is 540 g/mol. The number of ether oxygens (including phenoxy) is 2. The molecule has 0 unspecified atom stereocenters. The van der Waals surface area contributed by atoms with Crippen LogP contribution in [0, 0.1) is 0 Å². The lowest BCUT2D eigenvalue weighted by Crippen LogP contribution is -2.20. The molecule has 0 saturated heterocycles. The zero-order valence-electron chi connectivity index (χ0n) is 23.4. The molecule has 8 aromatic rings. The number of para-hydroxylation sites is 4. The average molecular weight is 563 g/mol. The van der Waals surface area contributed by atoms with Crippen molar-refractivity contribution in [3.05, 3.63) is 133 Å². The van der Waals surface area contributed by atoms with Gasteiger partial charge in [0.1, 0.15) is 5.69 Å². The molecule has 0 bridgehead atoms. The van der Waals surface area contributed by atoms with Crippen LogP contribution in [-0.2, 0) is 0 Å². The summed E-state index contributed by atoms with van der Waals surface area (Å²) in [5.74, 6) is 3.24. The summed E-state index contributed by atoms with van der Waals surface area (Å²) in [4.78, 5) is 2.30. The minimum absolute atomic E-state index is 0.787. The van der Waals surface area contributed by atoms with Gasteiger partial charge < -0.3 is 14.0 Å². The Morgan fingerprint density at radius 3 is 1.93 bits per heavy atom. The SMILES string of the molecule is c1ccc2c(c1)Oc1cccc3c1N2c1cc2c4ccccc4n(-c4ccc5c6c(cccc46)-c4ccccc4-5)c2cc1O3. The van der Waals surface area contributed by atoms with Crippen LogP contribution < -0.4 is 14.4 Å². The van der Waals surface area contributed by atoms with Crippen LogP contribution in [0.1, 0.15) is 0 Å². The molecular formula is C40H22N2O2. The normalized spacial score (nSPS) is 13.3. The Morgan fingerprint density at radius 1 is 0.386 bits per heavy atom. The number of fused-ring (bicyclic) bond motifs is 10. The van der Waals surface area contributed by atoms with Crippen molar-refractivity contribution in [1.82, 2.24) is 4.57 Å². The predicted molar refractivity (Wildman–Crippen MR) is 178 cm³/mol. The highest BCUT2D eigenvalue weighted by molar-refractivity contribution is 6.19. The highest BCUT2D eigenvalue weighted by atomic mass is 16.5. The van der Waals surface area contributed by atoms with E-state index in [4.69, 9.17) is 9.47 Å². The van der Waals surface area contributed by atoms with Crippen molar-refractivity contribution in [2.45, 2.75) is 0 Å². The molecule has 0 saturated carbocycles. The molecule has 44 heavy (non-hydrogen) atoms. The van der Waals surface area contributed by atoms with E-state index in [1.165, 1.54) is 55.0 Å². The van der Waals surface area contributed by atoms with Crippen molar-refractivity contribution in [3.8, 4) is 50.9 Å². The van der Waals surface area contributed by atoms with Gasteiger partial charge in [-0.1, -0.05) is 84.9 Å². The second-order valence-corrected chi connectivity index (χ2v) is 11.7. The van der Waals surface area contributed by atoms with Gasteiger partial charge >= 0.3 is 0 Å². The van der Waals surface area contributed by atoms with Crippen LogP contribution in [0.15, 0.2) is 133 Å². The number of hydrogen-bond acceptors (Lipinski definition) is 3. The van der Waals surface area contributed by atoms with Gasteiger partial charge in [-0.2, -0.15) is 0 Å². The number of hydrogen-bond donors (Lipinski definition) is 0. The second kappa shape index (κ2) is 7.88. The van der Waals surface area contributed by atoms with Crippen LogP contribution >= 0.6 is 0 Å². The van der Waals surface area contributed by atoms with Crippen LogP contribution in [0.5, 0.6) is 23.0 Å². The van der Waals surface area contributed by atoms with Gasteiger partial charge in [-0.25, -0.2) is 0 Å². The largest absolute Gasteiger partial charge is 0.453 e. The van der Waals surface area contributed by atoms with Crippen molar-refractivity contribution in [2.24, 2.45) is 0 Å². The summed E-state index contributed by atoms with van der Waals surface area (Å²) < 4.78 is 15.4. The maximum absolute atomic E-state index is 6.68. The van der Waals surface area contributed by atoms with Crippen LogP contribution in [0.3, 0.4) is 0 Å². The molecule has 0 N–H and O–H groups in total. The lowest BCUT2D eigenvalue weighted by atomic mass is 10.0. The van der Waals surface area contributed by atoms with Gasteiger partial charge in [-0.15, -0.1) is 0 Å². The molecule has 0 amide bonds. The number of benzene rings is 7. The van der Waals surface area contributed by atoms with E-state index in [0.29, 0.717) is 0 Å². The number of nitrogens with zero attached hydrogens (tertiary/aromatic N) is 2. The van der Waals surface area contributed by atoms with Crippen molar-refractivity contribution < 1.29 is 9.47 Å². The van der Waals surface area contributed by atoms with E-state index in [1.54, 1.807) is 0 Å². The molecule has 3 aliphatic rings. The third kappa shape index (κ3) is 2.69. The van der Waals surface area contributed by atoms with Crippen molar-refractivity contribution in [3.63, 3.8) is 0 Å². The first-order valence-corrected chi connectivity index (χ1v) is 14.9. The Morgan fingerprint density at radius 2 is 1.05 bits per heavy atom. The zero-order valence-corrected chi connectivity index (χ0v) is 23.4. The summed E-state index contributed by atoms with van der Waals surface area (Å²) in [5, 5.41) is 4.95. The fourth-order valence-corrected chi connectivity index (χ4v) is 7.71. The van der Waals surface area contributed by atoms with E-state index in [-0.39, 0.29) is 0 Å². The van der Waals surface area contributed by atoms with E-state index in [2.05, 4.69) is 113 Å². The van der Waals surface area contributed by atoms with Gasteiger partial charge in [0.05, 0.1) is 28.1 Å². The van der Waals surface area contributed by atoms with E-state index in [9.17, 15) is 0 Å². The van der Waals surface area contributed by atoms with Gasteiger partial charge in [0.2, 0.25) is 0 Å². The molecule has 4 nitrogen and oxygen atoms in total. The maximum Gasteiger partial charge on any atom is 0.155 e. The van der Waals surface area contributed by atoms with Gasteiger partial charge in [0.15, 0.2) is 23.0 Å². The minimum atomic E-state index is 0.787. The molecule has 1 aromatic heterocycles. The maximum atomic E-state index is 6.68. The predicted octanol–water partition coefficient (Wildman–Crippen LogP) is 11.3. The monoisotopic (exact) mass is 562 g/mol. The zero-order chi connectivity index (χ0) is 28.5. The smallest absolute Gasteiger partial charge is 0.155 e. The van der Waals surface area contributed by atoms with Gasteiger partial charge in [0, 0.05) is 22.2 Å². The number of rotatable bonds is 1. The lowest BCUT2D eigenvalue weighted by molar-refractivity contribution is 0.446. The van der Waals surface area contributed by atoms with Gasteiger partial charge in [0.25, 0.3) is 0 Å². The molecule has 0 atom stereocenters. The van der Waals surface area contributed by atoms with Crippen molar-refractivity contribution in [1.29, 1.82) is 0 Å². The highest BCUT2D eigenvalue weighted by Gasteiger charge is 2.35. The van der Waals surface area contributed by atoms with Gasteiger partial charge in [-0.3, -0.25) is 4.90 Å². The fraction of sp³-hybridized carbons (Fsp3) is 0. The molecule has 0 fully saturated rings. The molecule has 4 heteroatoms. The highest BCUT2D eigenvalue weighted by Crippen LogP contribution is 2.60. The Bertz CT molecular complexity index is 2550. The molecule has 2 aliphatic heterocycles. The standard InChI is InChI=1S/C40H22N2O2/c1-2-10-24-23(9-1)26-12-7-13-28-31(20-19-27(24)39(26)28)41-30-14-4-3-11-25(30)29-21-34-38(22-33(29)41)44-37-18-8-17-36-40(37)42(34)32-15-5-6-16-35(32)43-36/h1-22H. The van der Waals surface area contributed by atoms with E-state index >= 15 is 0 Å². The van der Waals surface area contributed by atoms with Crippen LogP contribution in [-0.4, -0.2) is 4.57 Å². The fourth-order valence-electron chi connectivity index (χ4n) is 7.71. The van der Waals surface area contributed by atoms with Crippen molar-refractivity contribution in [2.75, 3.05) is 4.90 Å². The molecule has 7 aromatic carbocycles. The Balaban J connectivity index is 1.23. The van der Waals surface area contributed by atoms with E-state index < -0.39 is 0 Å². The first kappa shape index (κ1) is 22.6.